The van der Waals surface area contributed by atoms with Crippen LogP contribution in [0, 0.1) is 6.92 Å². The molecular weight excluding hydrogens is 316 g/mol. The summed E-state index contributed by atoms with van der Waals surface area (Å²) in [5, 5.41) is 8.00. The third-order valence-electron chi connectivity index (χ3n) is 4.35. The highest BCUT2D eigenvalue weighted by Gasteiger charge is 2.51. The van der Waals surface area contributed by atoms with Gasteiger partial charge in [-0.1, -0.05) is 12.8 Å². The number of imide groups is 1. The van der Waals surface area contributed by atoms with Crippen LogP contribution in [0.4, 0.5) is 9.93 Å². The quantitative estimate of drug-likeness (QED) is 0.805. The largest absolute Gasteiger partial charge is 0.325 e. The molecule has 124 valence electrons. The zero-order valence-electron chi connectivity index (χ0n) is 13.1. The summed E-state index contributed by atoms with van der Waals surface area (Å²) in [4.78, 5) is 41.7. The minimum atomic E-state index is -0.669. The molecule has 0 radical (unpaired) electrons. The van der Waals surface area contributed by atoms with Crippen LogP contribution in [-0.2, 0) is 9.59 Å². The zero-order chi connectivity index (χ0) is 16.4. The van der Waals surface area contributed by atoms with E-state index in [-0.39, 0.29) is 30.8 Å². The Hall–Kier alpha value is -1.96. The zero-order valence-corrected chi connectivity index (χ0v) is 13.9. The van der Waals surface area contributed by atoms with Crippen LogP contribution in [0.3, 0.4) is 0 Å². The van der Waals surface area contributed by atoms with Gasteiger partial charge in [0.1, 0.15) is 5.54 Å². The third kappa shape index (κ3) is 3.21. The molecule has 2 fully saturated rings. The van der Waals surface area contributed by atoms with Crippen LogP contribution in [-0.4, -0.2) is 39.8 Å². The van der Waals surface area contributed by atoms with Crippen molar-refractivity contribution in [1.29, 1.82) is 0 Å². The average Bonchev–Trinajstić information content (AvgIpc) is 3.17. The van der Waals surface area contributed by atoms with E-state index in [2.05, 4.69) is 15.6 Å². The first-order valence-electron chi connectivity index (χ1n) is 7.86. The van der Waals surface area contributed by atoms with Crippen LogP contribution in [0.15, 0.2) is 5.38 Å². The summed E-state index contributed by atoms with van der Waals surface area (Å²) < 4.78 is 0. The molecule has 1 spiro atoms. The fourth-order valence-electron chi connectivity index (χ4n) is 3.19. The number of carbonyl (C=O) groups is 3. The number of nitrogens with one attached hydrogen (secondary N) is 2. The lowest BCUT2D eigenvalue weighted by Crippen LogP contribution is -2.44. The molecule has 1 saturated heterocycles. The summed E-state index contributed by atoms with van der Waals surface area (Å²) in [5.74, 6) is -0.280. The van der Waals surface area contributed by atoms with Crippen LogP contribution in [0.2, 0.25) is 0 Å². The van der Waals surface area contributed by atoms with E-state index in [4.69, 9.17) is 0 Å². The number of aryl methyl sites for hydroxylation is 1. The van der Waals surface area contributed by atoms with E-state index in [0.29, 0.717) is 11.6 Å². The lowest BCUT2D eigenvalue weighted by Gasteiger charge is -2.19. The first-order valence-corrected chi connectivity index (χ1v) is 8.74. The Bertz CT molecular complexity index is 636. The van der Waals surface area contributed by atoms with E-state index >= 15 is 0 Å². The third-order valence-corrected chi connectivity index (χ3v) is 5.23. The molecule has 0 atom stereocenters. The van der Waals surface area contributed by atoms with Crippen LogP contribution < -0.4 is 10.6 Å². The summed E-state index contributed by atoms with van der Waals surface area (Å²) in [5.41, 5.74) is 0.198. The van der Waals surface area contributed by atoms with Gasteiger partial charge in [0, 0.05) is 18.3 Å². The maximum Gasteiger partial charge on any atom is 0.325 e. The minimum absolute atomic E-state index is 0.129. The molecule has 2 heterocycles. The Kier molecular flexibility index (Phi) is 4.34. The Morgan fingerprint density at radius 3 is 2.83 bits per heavy atom. The van der Waals surface area contributed by atoms with Crippen molar-refractivity contribution in [2.75, 3.05) is 11.9 Å². The van der Waals surface area contributed by atoms with Gasteiger partial charge in [-0.3, -0.25) is 14.5 Å². The molecule has 8 heteroatoms. The van der Waals surface area contributed by atoms with Gasteiger partial charge in [-0.15, -0.1) is 11.3 Å². The van der Waals surface area contributed by atoms with Gasteiger partial charge in [-0.2, -0.15) is 0 Å². The Morgan fingerprint density at radius 2 is 2.17 bits per heavy atom. The molecule has 1 aliphatic heterocycles. The topological polar surface area (TPSA) is 91.4 Å². The maximum atomic E-state index is 12.4. The van der Waals surface area contributed by atoms with Gasteiger partial charge in [0.15, 0.2) is 5.13 Å². The molecule has 2 N–H and O–H groups in total. The summed E-state index contributed by atoms with van der Waals surface area (Å²) in [7, 11) is 0. The van der Waals surface area contributed by atoms with Crippen molar-refractivity contribution in [2.24, 2.45) is 0 Å². The Morgan fingerprint density at radius 1 is 1.43 bits per heavy atom. The van der Waals surface area contributed by atoms with Gasteiger partial charge < -0.3 is 10.6 Å². The number of amides is 4. The highest BCUT2D eigenvalue weighted by molar-refractivity contribution is 7.13. The second-order valence-corrected chi connectivity index (χ2v) is 6.98. The number of rotatable bonds is 5. The van der Waals surface area contributed by atoms with Gasteiger partial charge in [-0.05, 0) is 26.2 Å². The molecule has 2 aliphatic rings. The van der Waals surface area contributed by atoms with Crippen molar-refractivity contribution in [3.8, 4) is 0 Å². The Labute approximate surface area is 138 Å². The molecule has 0 unspecified atom stereocenters. The molecule has 3 rings (SSSR count). The first kappa shape index (κ1) is 15.9. The summed E-state index contributed by atoms with van der Waals surface area (Å²) >= 11 is 1.38. The van der Waals surface area contributed by atoms with E-state index in [9.17, 15) is 14.4 Å². The number of hydrogen-bond donors (Lipinski definition) is 2. The van der Waals surface area contributed by atoms with Crippen molar-refractivity contribution in [3.05, 3.63) is 11.1 Å². The summed E-state index contributed by atoms with van der Waals surface area (Å²) in [6.45, 7) is 2.14. The van der Waals surface area contributed by atoms with Gasteiger partial charge in [0.2, 0.25) is 5.91 Å². The van der Waals surface area contributed by atoms with Gasteiger partial charge >= 0.3 is 6.03 Å². The number of urea groups is 1. The highest BCUT2D eigenvalue weighted by Crippen LogP contribution is 2.35. The molecule has 0 aromatic carbocycles. The van der Waals surface area contributed by atoms with Gasteiger partial charge in [0.05, 0.1) is 5.69 Å². The minimum Gasteiger partial charge on any atom is -0.323 e. The predicted octanol–water partition coefficient (Wildman–Crippen LogP) is 2.03. The van der Waals surface area contributed by atoms with Crippen LogP contribution in [0.5, 0.6) is 0 Å². The fraction of sp³-hybridized carbons (Fsp3) is 0.600. The maximum absolute atomic E-state index is 12.4. The summed E-state index contributed by atoms with van der Waals surface area (Å²) in [6, 6.07) is -0.326. The van der Waals surface area contributed by atoms with Gasteiger partial charge in [-0.25, -0.2) is 9.78 Å². The second-order valence-electron chi connectivity index (χ2n) is 6.12. The number of anilines is 1. The molecule has 7 nitrogen and oxygen atoms in total. The molecule has 1 aliphatic carbocycles. The number of thiazole rings is 1. The molecule has 4 amide bonds. The van der Waals surface area contributed by atoms with Crippen LogP contribution in [0.1, 0.15) is 44.2 Å². The molecule has 0 bridgehead atoms. The molecule has 1 aromatic heterocycles. The monoisotopic (exact) mass is 336 g/mol. The molecule has 1 aromatic rings. The number of hydrogen-bond acceptors (Lipinski definition) is 5. The normalized spacial score (nSPS) is 19.4. The highest BCUT2D eigenvalue weighted by atomic mass is 32.1. The van der Waals surface area contributed by atoms with E-state index in [1.54, 1.807) is 0 Å². The SMILES string of the molecule is Cc1csc(NC(=O)CCCN2C(=O)NC3(CCCC3)C2=O)n1. The smallest absolute Gasteiger partial charge is 0.323 e. The Balaban J connectivity index is 1.48. The number of nitrogens with zero attached hydrogens (tertiary/aromatic N) is 2. The van der Waals surface area contributed by atoms with E-state index in [1.165, 1.54) is 16.2 Å². The number of aromatic nitrogens is 1. The van der Waals surface area contributed by atoms with Crippen molar-refractivity contribution in [3.63, 3.8) is 0 Å². The molecular formula is C15H20N4O3S. The standard InChI is InChI=1S/C15H20N4O3S/c1-10-9-23-13(16-10)17-11(20)5-4-8-19-12(21)15(18-14(19)22)6-2-3-7-15/h9H,2-8H2,1H3,(H,18,22)(H,16,17,20). The van der Waals surface area contributed by atoms with Crippen molar-refractivity contribution in [1.82, 2.24) is 15.2 Å². The van der Waals surface area contributed by atoms with Crippen molar-refractivity contribution < 1.29 is 14.4 Å². The van der Waals surface area contributed by atoms with Crippen molar-refractivity contribution >= 4 is 34.3 Å². The van der Waals surface area contributed by atoms with E-state index in [0.717, 1.165) is 31.4 Å². The van der Waals surface area contributed by atoms with Crippen LogP contribution in [0.25, 0.3) is 0 Å². The predicted molar refractivity (Wildman–Crippen MR) is 86.2 cm³/mol. The average molecular weight is 336 g/mol. The van der Waals surface area contributed by atoms with Crippen molar-refractivity contribution in [2.45, 2.75) is 51.0 Å². The van der Waals surface area contributed by atoms with Gasteiger partial charge in [0.25, 0.3) is 5.91 Å². The summed E-state index contributed by atoms with van der Waals surface area (Å²) in [6.07, 6.45) is 4.08. The lowest BCUT2D eigenvalue weighted by molar-refractivity contribution is -0.131. The first-order chi connectivity index (χ1) is 11.0. The van der Waals surface area contributed by atoms with Crippen LogP contribution >= 0.6 is 11.3 Å². The molecule has 23 heavy (non-hydrogen) atoms. The van der Waals surface area contributed by atoms with E-state index in [1.807, 2.05) is 12.3 Å². The number of carbonyl (C=O) groups excluding carboxylic acids is 3. The second kappa shape index (κ2) is 6.27. The lowest BCUT2D eigenvalue weighted by atomic mass is 9.98. The van der Waals surface area contributed by atoms with E-state index < -0.39 is 5.54 Å². The fourth-order valence-corrected chi connectivity index (χ4v) is 3.89. The molecule has 1 saturated carbocycles.